The maximum Gasteiger partial charge on any atom is 0.255 e. The van der Waals surface area contributed by atoms with Crippen molar-refractivity contribution < 1.29 is 19.1 Å². The van der Waals surface area contributed by atoms with Gasteiger partial charge in [0.15, 0.2) is 0 Å². The summed E-state index contributed by atoms with van der Waals surface area (Å²) < 4.78 is 19.6. The summed E-state index contributed by atoms with van der Waals surface area (Å²) in [7, 11) is 0. The minimum Gasteiger partial charge on any atom is -0.411 e. The highest BCUT2D eigenvalue weighted by Gasteiger charge is 2.16. The van der Waals surface area contributed by atoms with Crippen LogP contribution in [0.15, 0.2) is 59.9 Å². The number of pyridine rings is 1. The van der Waals surface area contributed by atoms with E-state index in [4.69, 9.17) is 9.94 Å². The number of oxime groups is 1. The first kappa shape index (κ1) is 22.4. The summed E-state index contributed by atoms with van der Waals surface area (Å²) in [5.74, 6) is -0.863. The molecule has 0 aliphatic carbocycles. The van der Waals surface area contributed by atoms with E-state index in [1.165, 1.54) is 18.3 Å². The maximum absolute atomic E-state index is 14.3. The lowest BCUT2D eigenvalue weighted by molar-refractivity contribution is 0.102. The van der Waals surface area contributed by atoms with Gasteiger partial charge in [0.1, 0.15) is 5.82 Å². The molecule has 2 heterocycles. The fourth-order valence-corrected chi connectivity index (χ4v) is 3.77. The number of amides is 1. The summed E-state index contributed by atoms with van der Waals surface area (Å²) in [6.45, 7) is 4.36. The van der Waals surface area contributed by atoms with Gasteiger partial charge in [-0.15, -0.1) is 5.16 Å². The molecule has 4 rings (SSSR count). The Balaban J connectivity index is 1.54. The molecule has 1 aliphatic heterocycles. The van der Waals surface area contributed by atoms with Gasteiger partial charge in [-0.2, -0.15) is 0 Å². The van der Waals surface area contributed by atoms with Crippen molar-refractivity contribution in [2.24, 2.45) is 5.16 Å². The van der Waals surface area contributed by atoms with Crippen molar-refractivity contribution in [3.8, 4) is 11.1 Å². The Morgan fingerprint density at radius 1 is 1.21 bits per heavy atom. The highest BCUT2D eigenvalue weighted by atomic mass is 19.1. The van der Waals surface area contributed by atoms with E-state index in [1.54, 1.807) is 12.3 Å². The lowest BCUT2D eigenvalue weighted by Gasteiger charge is -2.29. The molecule has 2 aromatic carbocycles. The molecule has 0 bridgehead atoms. The molecule has 2 N–H and O–H groups in total. The van der Waals surface area contributed by atoms with Gasteiger partial charge < -0.3 is 20.2 Å². The third-order valence-electron chi connectivity index (χ3n) is 5.54. The second kappa shape index (κ2) is 10.2. The number of nitrogens with one attached hydrogen (secondary N) is 1. The number of rotatable bonds is 6. The van der Waals surface area contributed by atoms with Gasteiger partial charge in [0.2, 0.25) is 0 Å². The third-order valence-corrected chi connectivity index (χ3v) is 5.54. The van der Waals surface area contributed by atoms with Crippen LogP contribution in [-0.4, -0.2) is 48.6 Å². The minimum absolute atomic E-state index is 0.244. The van der Waals surface area contributed by atoms with E-state index in [0.717, 1.165) is 22.4 Å². The van der Waals surface area contributed by atoms with Crippen LogP contribution in [0.4, 0.5) is 15.8 Å². The average molecular weight is 448 g/mol. The highest BCUT2D eigenvalue weighted by molar-refractivity contribution is 6.05. The number of aryl methyl sites for hydroxylation is 1. The standard InChI is InChI=1S/C25H25FN4O3/c1-17-24(19-4-2-18(3-5-19)6-7-28-32)15-22(16-27-17)29-25(31)20-12-21(26)14-23(13-20)30-8-10-33-11-9-30/h2-5,7,12-16,32H,6,8-11H2,1H3,(H,29,31). The predicted octanol–water partition coefficient (Wildman–Crippen LogP) is 4.29. The first-order valence-corrected chi connectivity index (χ1v) is 10.7. The van der Waals surface area contributed by atoms with Gasteiger partial charge in [-0.1, -0.05) is 24.3 Å². The Bertz CT molecular complexity index is 1160. The number of aromatic nitrogens is 1. The van der Waals surface area contributed by atoms with Crippen LogP contribution >= 0.6 is 0 Å². The number of hydrogen-bond donors (Lipinski definition) is 2. The monoisotopic (exact) mass is 448 g/mol. The van der Waals surface area contributed by atoms with Crippen LogP contribution in [0.3, 0.4) is 0 Å². The summed E-state index contributed by atoms with van der Waals surface area (Å²) in [6, 6.07) is 14.0. The van der Waals surface area contributed by atoms with Gasteiger partial charge in [0.25, 0.3) is 5.91 Å². The molecule has 7 nitrogen and oxygen atoms in total. The Hall–Kier alpha value is -3.78. The van der Waals surface area contributed by atoms with Crippen molar-refractivity contribution in [1.82, 2.24) is 4.98 Å². The van der Waals surface area contributed by atoms with E-state index in [-0.39, 0.29) is 5.56 Å². The van der Waals surface area contributed by atoms with Crippen molar-refractivity contribution in [2.75, 3.05) is 36.5 Å². The third kappa shape index (κ3) is 5.53. The molecule has 8 heteroatoms. The van der Waals surface area contributed by atoms with E-state index < -0.39 is 11.7 Å². The van der Waals surface area contributed by atoms with Gasteiger partial charge >= 0.3 is 0 Å². The van der Waals surface area contributed by atoms with Gasteiger partial charge in [-0.05, 0) is 42.3 Å². The molecule has 1 aliphatic rings. The van der Waals surface area contributed by atoms with Gasteiger partial charge in [-0.3, -0.25) is 9.78 Å². The molecular weight excluding hydrogens is 423 g/mol. The molecule has 0 unspecified atom stereocenters. The largest absolute Gasteiger partial charge is 0.411 e. The second-order valence-corrected chi connectivity index (χ2v) is 7.81. The van der Waals surface area contributed by atoms with E-state index >= 15 is 0 Å². The molecular formula is C25H25FN4O3. The van der Waals surface area contributed by atoms with Crippen molar-refractivity contribution in [1.29, 1.82) is 0 Å². The predicted molar refractivity (Wildman–Crippen MR) is 126 cm³/mol. The highest BCUT2D eigenvalue weighted by Crippen LogP contribution is 2.26. The van der Waals surface area contributed by atoms with Gasteiger partial charge in [0.05, 0.1) is 25.1 Å². The first-order valence-electron chi connectivity index (χ1n) is 10.7. The van der Waals surface area contributed by atoms with Gasteiger partial charge in [-0.25, -0.2) is 4.39 Å². The zero-order valence-electron chi connectivity index (χ0n) is 18.3. The van der Waals surface area contributed by atoms with E-state index in [0.29, 0.717) is 44.1 Å². The smallest absolute Gasteiger partial charge is 0.255 e. The van der Waals surface area contributed by atoms with Crippen LogP contribution in [0.5, 0.6) is 0 Å². The summed E-state index contributed by atoms with van der Waals surface area (Å²) >= 11 is 0. The molecule has 33 heavy (non-hydrogen) atoms. The zero-order valence-corrected chi connectivity index (χ0v) is 18.3. The molecule has 0 saturated carbocycles. The van der Waals surface area contributed by atoms with Crippen molar-refractivity contribution in [2.45, 2.75) is 13.3 Å². The van der Waals surface area contributed by atoms with Crippen molar-refractivity contribution in [3.63, 3.8) is 0 Å². The van der Waals surface area contributed by atoms with Crippen molar-refractivity contribution >= 4 is 23.5 Å². The minimum atomic E-state index is -0.460. The number of hydrogen-bond acceptors (Lipinski definition) is 6. The average Bonchev–Trinajstić information content (AvgIpc) is 2.84. The molecule has 0 atom stereocenters. The Labute approximate surface area is 191 Å². The number of halogens is 1. The van der Waals surface area contributed by atoms with Crippen LogP contribution in [-0.2, 0) is 11.2 Å². The van der Waals surface area contributed by atoms with Crippen LogP contribution < -0.4 is 10.2 Å². The lowest BCUT2D eigenvalue weighted by Crippen LogP contribution is -2.36. The van der Waals surface area contributed by atoms with Crippen molar-refractivity contribution in [3.05, 3.63) is 77.4 Å². The normalized spacial score (nSPS) is 13.9. The number of nitrogens with zero attached hydrogens (tertiary/aromatic N) is 3. The topological polar surface area (TPSA) is 87.1 Å². The fourth-order valence-electron chi connectivity index (χ4n) is 3.77. The number of anilines is 2. The SMILES string of the molecule is Cc1ncc(NC(=O)c2cc(F)cc(N3CCOCC3)c2)cc1-c1ccc(CC=NO)cc1. The molecule has 1 aromatic heterocycles. The summed E-state index contributed by atoms with van der Waals surface area (Å²) in [4.78, 5) is 19.3. The Kier molecular flexibility index (Phi) is 6.95. The van der Waals surface area contributed by atoms with Crippen LogP contribution in [0, 0.1) is 12.7 Å². The summed E-state index contributed by atoms with van der Waals surface area (Å²) in [5.41, 5.74) is 5.08. The quantitative estimate of drug-likeness (QED) is 0.334. The molecule has 0 radical (unpaired) electrons. The van der Waals surface area contributed by atoms with Crippen LogP contribution in [0.2, 0.25) is 0 Å². The Morgan fingerprint density at radius 2 is 1.97 bits per heavy atom. The number of benzene rings is 2. The summed E-state index contributed by atoms with van der Waals surface area (Å²) in [6.07, 6.45) is 3.55. The molecule has 1 fully saturated rings. The zero-order chi connectivity index (χ0) is 23.2. The first-order chi connectivity index (χ1) is 16.0. The van der Waals surface area contributed by atoms with E-state index in [2.05, 4.69) is 15.5 Å². The molecule has 170 valence electrons. The number of morpholine rings is 1. The van der Waals surface area contributed by atoms with E-state index in [1.807, 2.05) is 42.2 Å². The second-order valence-electron chi connectivity index (χ2n) is 7.81. The fraction of sp³-hybridized carbons (Fsp3) is 0.240. The molecule has 3 aromatic rings. The number of carbonyl (C=O) groups excluding carboxylic acids is 1. The molecule has 1 amide bonds. The Morgan fingerprint density at radius 3 is 2.70 bits per heavy atom. The van der Waals surface area contributed by atoms with E-state index in [9.17, 15) is 9.18 Å². The lowest BCUT2D eigenvalue weighted by atomic mass is 10.0. The molecule has 1 saturated heterocycles. The maximum atomic E-state index is 14.3. The molecule has 0 spiro atoms. The summed E-state index contributed by atoms with van der Waals surface area (Å²) in [5, 5.41) is 14.4. The number of ether oxygens (including phenoxy) is 1. The number of carbonyl (C=O) groups is 1. The van der Waals surface area contributed by atoms with Crippen LogP contribution in [0.25, 0.3) is 11.1 Å². The van der Waals surface area contributed by atoms with Gasteiger partial charge in [0, 0.05) is 48.2 Å². The van der Waals surface area contributed by atoms with Crippen LogP contribution in [0.1, 0.15) is 21.6 Å².